The number of aromatic nitrogens is 4. The Hall–Kier alpha value is -3.34. The van der Waals surface area contributed by atoms with Crippen LogP contribution in [0.5, 0.6) is 0 Å². The summed E-state index contributed by atoms with van der Waals surface area (Å²) in [6.45, 7) is 0. The lowest BCUT2D eigenvalue weighted by molar-refractivity contribution is 0.624. The van der Waals surface area contributed by atoms with Crippen LogP contribution in [0.2, 0.25) is 0 Å². The minimum Gasteiger partial charge on any atom is -0.338 e. The van der Waals surface area contributed by atoms with Crippen LogP contribution in [0.25, 0.3) is 44.0 Å². The zero-order chi connectivity index (χ0) is 16.1. The fraction of sp³-hybridized carbons (Fsp3) is 0. The summed E-state index contributed by atoms with van der Waals surface area (Å²) in [5, 5.41) is 3.80. The lowest BCUT2D eigenvalue weighted by atomic mass is 10.0. The van der Waals surface area contributed by atoms with Gasteiger partial charge >= 0.3 is 0 Å². The quantitative estimate of drug-likeness (QED) is 0.497. The molecule has 114 valence electrons. The average molecular weight is 314 g/mol. The number of nitrogens with zero attached hydrogens (tertiary/aromatic N) is 3. The first-order chi connectivity index (χ1) is 11.8. The van der Waals surface area contributed by atoms with E-state index in [2.05, 4.69) is 26.0 Å². The zero-order valence-electron chi connectivity index (χ0n) is 12.5. The van der Waals surface area contributed by atoms with Gasteiger partial charge in [0.25, 0.3) is 0 Å². The van der Waals surface area contributed by atoms with Gasteiger partial charge in [-0.15, -0.1) is 0 Å². The molecule has 0 aliphatic rings. The first-order valence-corrected chi connectivity index (χ1v) is 7.56. The second-order valence-corrected chi connectivity index (χ2v) is 5.70. The number of pyridine rings is 3. The molecule has 1 N–H and O–H groups in total. The molecule has 0 radical (unpaired) electrons. The predicted octanol–water partition coefficient (Wildman–Crippen LogP) is 4.47. The summed E-state index contributed by atoms with van der Waals surface area (Å²) in [5.41, 5.74) is 3.24. The molecule has 4 aromatic heterocycles. The molecule has 24 heavy (non-hydrogen) atoms. The predicted molar refractivity (Wildman–Crippen MR) is 92.1 cm³/mol. The van der Waals surface area contributed by atoms with Crippen molar-refractivity contribution in [1.29, 1.82) is 0 Å². The van der Waals surface area contributed by atoms with Crippen molar-refractivity contribution in [2.45, 2.75) is 0 Å². The average Bonchev–Trinajstić information content (AvgIpc) is 2.98. The van der Waals surface area contributed by atoms with Gasteiger partial charge in [0.05, 0.1) is 23.6 Å². The van der Waals surface area contributed by atoms with Crippen LogP contribution >= 0.6 is 0 Å². The van der Waals surface area contributed by atoms with Crippen molar-refractivity contribution in [3.8, 4) is 11.3 Å². The fourth-order valence-corrected chi connectivity index (χ4v) is 3.12. The summed E-state index contributed by atoms with van der Waals surface area (Å²) in [5.74, 6) is -0.353. The Balaban J connectivity index is 1.83. The van der Waals surface area contributed by atoms with Crippen LogP contribution in [-0.2, 0) is 0 Å². The third-order valence-corrected chi connectivity index (χ3v) is 4.25. The summed E-state index contributed by atoms with van der Waals surface area (Å²) in [4.78, 5) is 16.1. The van der Waals surface area contributed by atoms with E-state index in [-0.39, 0.29) is 5.82 Å². The van der Waals surface area contributed by atoms with E-state index in [0.717, 1.165) is 38.3 Å². The monoisotopic (exact) mass is 314 g/mol. The third kappa shape index (κ3) is 1.88. The van der Waals surface area contributed by atoms with Gasteiger partial charge in [-0.1, -0.05) is 24.3 Å². The van der Waals surface area contributed by atoms with Gasteiger partial charge in [0.2, 0.25) is 0 Å². The van der Waals surface area contributed by atoms with E-state index in [1.54, 1.807) is 6.20 Å². The SMILES string of the molecule is Fc1cnc2[nH]c3cnc(-c4cncc5ccccc45)cc3c2c1. The molecule has 0 spiro atoms. The van der Waals surface area contributed by atoms with Crippen molar-refractivity contribution in [3.63, 3.8) is 0 Å². The molecular weight excluding hydrogens is 303 g/mol. The highest BCUT2D eigenvalue weighted by Gasteiger charge is 2.11. The minimum atomic E-state index is -0.353. The maximum absolute atomic E-state index is 13.6. The van der Waals surface area contributed by atoms with E-state index in [1.807, 2.05) is 36.7 Å². The number of nitrogens with one attached hydrogen (secondary N) is 1. The van der Waals surface area contributed by atoms with Crippen molar-refractivity contribution in [3.05, 3.63) is 67.0 Å². The Morgan fingerprint density at radius 3 is 2.71 bits per heavy atom. The van der Waals surface area contributed by atoms with Crippen LogP contribution < -0.4 is 0 Å². The number of hydrogen-bond donors (Lipinski definition) is 1. The molecule has 0 saturated carbocycles. The summed E-state index contributed by atoms with van der Waals surface area (Å²) < 4.78 is 13.6. The normalized spacial score (nSPS) is 11.5. The smallest absolute Gasteiger partial charge is 0.142 e. The number of H-pyrrole nitrogens is 1. The minimum absolute atomic E-state index is 0.353. The molecule has 0 amide bonds. The molecule has 0 bridgehead atoms. The number of aromatic amines is 1. The Morgan fingerprint density at radius 2 is 1.75 bits per heavy atom. The summed E-state index contributed by atoms with van der Waals surface area (Å²) >= 11 is 0. The molecule has 5 rings (SSSR count). The summed E-state index contributed by atoms with van der Waals surface area (Å²) in [7, 11) is 0. The van der Waals surface area contributed by atoms with Crippen molar-refractivity contribution in [2.24, 2.45) is 0 Å². The zero-order valence-corrected chi connectivity index (χ0v) is 12.5. The van der Waals surface area contributed by atoms with Gasteiger partial charge in [-0.25, -0.2) is 9.37 Å². The molecule has 0 aliphatic carbocycles. The topological polar surface area (TPSA) is 54.5 Å². The second kappa shape index (κ2) is 4.83. The van der Waals surface area contributed by atoms with Crippen molar-refractivity contribution < 1.29 is 4.39 Å². The molecular formula is C19H11FN4. The van der Waals surface area contributed by atoms with E-state index < -0.39 is 0 Å². The van der Waals surface area contributed by atoms with Crippen molar-refractivity contribution in [1.82, 2.24) is 19.9 Å². The molecule has 0 unspecified atom stereocenters. The molecule has 5 aromatic rings. The van der Waals surface area contributed by atoms with Crippen LogP contribution in [0.4, 0.5) is 4.39 Å². The number of rotatable bonds is 1. The maximum Gasteiger partial charge on any atom is 0.142 e. The van der Waals surface area contributed by atoms with E-state index in [9.17, 15) is 4.39 Å². The number of hydrogen-bond acceptors (Lipinski definition) is 3. The van der Waals surface area contributed by atoms with Crippen molar-refractivity contribution in [2.75, 3.05) is 0 Å². The molecule has 5 heteroatoms. The number of halogens is 1. The molecule has 0 fully saturated rings. The largest absolute Gasteiger partial charge is 0.338 e. The Morgan fingerprint density at radius 1 is 0.833 bits per heavy atom. The van der Waals surface area contributed by atoms with E-state index in [1.165, 1.54) is 12.3 Å². The lowest BCUT2D eigenvalue weighted by Crippen LogP contribution is -1.87. The standard InChI is InChI=1S/C19H11FN4/c20-12-5-15-14-6-17(22-10-18(14)24-19(15)23-8-12)16-9-21-7-11-3-1-2-4-13(11)16/h1-10H,(H,23,24). The van der Waals surface area contributed by atoms with Crippen LogP contribution in [0.3, 0.4) is 0 Å². The molecule has 0 atom stereocenters. The molecule has 4 nitrogen and oxygen atoms in total. The van der Waals surface area contributed by atoms with Crippen molar-refractivity contribution >= 4 is 32.7 Å². The highest BCUT2D eigenvalue weighted by molar-refractivity contribution is 6.07. The van der Waals surface area contributed by atoms with Crippen LogP contribution in [0.15, 0.2) is 61.2 Å². The van der Waals surface area contributed by atoms with Gasteiger partial charge in [-0.3, -0.25) is 9.97 Å². The second-order valence-electron chi connectivity index (χ2n) is 5.70. The highest BCUT2D eigenvalue weighted by Crippen LogP contribution is 2.31. The van der Waals surface area contributed by atoms with Gasteiger partial charge in [0, 0.05) is 34.1 Å². The number of fused-ring (bicyclic) bond motifs is 4. The lowest BCUT2D eigenvalue weighted by Gasteiger charge is -2.05. The van der Waals surface area contributed by atoms with E-state index >= 15 is 0 Å². The summed E-state index contributed by atoms with van der Waals surface area (Å²) in [6, 6.07) is 11.5. The van der Waals surface area contributed by atoms with Crippen LogP contribution in [0.1, 0.15) is 0 Å². The van der Waals surface area contributed by atoms with E-state index in [4.69, 9.17) is 0 Å². The third-order valence-electron chi connectivity index (χ3n) is 4.25. The molecule has 1 aromatic carbocycles. The summed E-state index contributed by atoms with van der Waals surface area (Å²) in [6.07, 6.45) is 6.61. The highest BCUT2D eigenvalue weighted by atomic mass is 19.1. The Bertz CT molecular complexity index is 1220. The van der Waals surface area contributed by atoms with Crippen LogP contribution in [0, 0.1) is 5.82 Å². The number of benzene rings is 1. The van der Waals surface area contributed by atoms with Gasteiger partial charge in [-0.2, -0.15) is 0 Å². The van der Waals surface area contributed by atoms with Crippen LogP contribution in [-0.4, -0.2) is 19.9 Å². The maximum atomic E-state index is 13.6. The van der Waals surface area contributed by atoms with Gasteiger partial charge in [0.1, 0.15) is 11.5 Å². The first-order valence-electron chi connectivity index (χ1n) is 7.56. The van der Waals surface area contributed by atoms with E-state index in [0.29, 0.717) is 5.65 Å². The molecule has 4 heterocycles. The Labute approximate surface area is 136 Å². The fourth-order valence-electron chi connectivity index (χ4n) is 3.12. The first kappa shape index (κ1) is 13.1. The Kier molecular flexibility index (Phi) is 2.64. The molecule has 0 saturated heterocycles. The van der Waals surface area contributed by atoms with Gasteiger partial charge < -0.3 is 4.98 Å². The van der Waals surface area contributed by atoms with Gasteiger partial charge in [0.15, 0.2) is 0 Å². The van der Waals surface area contributed by atoms with Gasteiger partial charge in [-0.05, 0) is 17.5 Å². The molecule has 0 aliphatic heterocycles.